The van der Waals surface area contributed by atoms with E-state index in [1.54, 1.807) is 11.8 Å². The third-order valence-corrected chi connectivity index (χ3v) is 4.09. The van der Waals surface area contributed by atoms with Crippen LogP contribution >= 0.6 is 23.4 Å². The molecule has 0 saturated heterocycles. The summed E-state index contributed by atoms with van der Waals surface area (Å²) in [4.78, 5) is 12.8. The van der Waals surface area contributed by atoms with E-state index in [-0.39, 0.29) is 5.91 Å². The first-order chi connectivity index (χ1) is 9.11. The SMILES string of the molecule is CCCC(C)CC(=O)NCCSc1ccc(Cl)cc1. The Morgan fingerprint density at radius 1 is 1.37 bits per heavy atom. The van der Waals surface area contributed by atoms with Crippen molar-refractivity contribution in [1.29, 1.82) is 0 Å². The molecule has 19 heavy (non-hydrogen) atoms. The van der Waals surface area contributed by atoms with Gasteiger partial charge in [-0.05, 0) is 30.2 Å². The lowest BCUT2D eigenvalue weighted by molar-refractivity contribution is -0.121. The number of hydrogen-bond acceptors (Lipinski definition) is 2. The van der Waals surface area contributed by atoms with Crippen molar-refractivity contribution in [3.8, 4) is 0 Å². The number of nitrogens with one attached hydrogen (secondary N) is 1. The van der Waals surface area contributed by atoms with Gasteiger partial charge in [0.15, 0.2) is 0 Å². The molecular weight excluding hydrogens is 278 g/mol. The number of carbonyl (C=O) groups is 1. The average molecular weight is 300 g/mol. The average Bonchev–Trinajstić information content (AvgIpc) is 2.37. The van der Waals surface area contributed by atoms with E-state index in [1.165, 1.54) is 4.90 Å². The molecule has 0 aliphatic rings. The van der Waals surface area contributed by atoms with Crippen molar-refractivity contribution in [1.82, 2.24) is 5.32 Å². The van der Waals surface area contributed by atoms with Crippen molar-refractivity contribution in [2.75, 3.05) is 12.3 Å². The molecule has 1 atom stereocenters. The van der Waals surface area contributed by atoms with Crippen LogP contribution in [0.2, 0.25) is 5.02 Å². The van der Waals surface area contributed by atoms with Crippen LogP contribution in [0.3, 0.4) is 0 Å². The van der Waals surface area contributed by atoms with Crippen LogP contribution in [-0.2, 0) is 4.79 Å². The highest BCUT2D eigenvalue weighted by Crippen LogP contribution is 2.19. The number of carbonyl (C=O) groups excluding carboxylic acids is 1. The standard InChI is InChI=1S/C15H22ClNOS/c1-3-4-12(2)11-15(18)17-9-10-19-14-7-5-13(16)6-8-14/h5-8,12H,3-4,9-11H2,1-2H3,(H,17,18). The summed E-state index contributed by atoms with van der Waals surface area (Å²) in [5.74, 6) is 1.53. The maximum atomic E-state index is 11.6. The summed E-state index contributed by atoms with van der Waals surface area (Å²) in [5.41, 5.74) is 0. The maximum Gasteiger partial charge on any atom is 0.220 e. The third-order valence-electron chi connectivity index (χ3n) is 2.82. The smallest absolute Gasteiger partial charge is 0.220 e. The minimum absolute atomic E-state index is 0.164. The van der Waals surface area contributed by atoms with E-state index in [0.717, 1.165) is 23.6 Å². The van der Waals surface area contributed by atoms with E-state index in [2.05, 4.69) is 19.2 Å². The van der Waals surface area contributed by atoms with E-state index in [0.29, 0.717) is 18.9 Å². The van der Waals surface area contributed by atoms with Crippen LogP contribution < -0.4 is 5.32 Å². The molecule has 1 N–H and O–H groups in total. The fourth-order valence-electron chi connectivity index (χ4n) is 1.87. The monoisotopic (exact) mass is 299 g/mol. The molecule has 0 saturated carbocycles. The molecule has 0 bridgehead atoms. The molecule has 0 aliphatic carbocycles. The molecule has 0 radical (unpaired) electrons. The van der Waals surface area contributed by atoms with Gasteiger partial charge in [-0.1, -0.05) is 38.3 Å². The van der Waals surface area contributed by atoms with Crippen molar-refractivity contribution in [3.05, 3.63) is 29.3 Å². The van der Waals surface area contributed by atoms with Gasteiger partial charge in [-0.2, -0.15) is 0 Å². The summed E-state index contributed by atoms with van der Waals surface area (Å²) < 4.78 is 0. The molecule has 0 fully saturated rings. The van der Waals surface area contributed by atoms with Gasteiger partial charge in [0.2, 0.25) is 5.91 Å². The predicted molar refractivity (Wildman–Crippen MR) is 83.9 cm³/mol. The summed E-state index contributed by atoms with van der Waals surface area (Å²) >= 11 is 7.55. The zero-order valence-corrected chi connectivity index (χ0v) is 13.2. The molecule has 1 aromatic rings. The highest BCUT2D eigenvalue weighted by molar-refractivity contribution is 7.99. The molecule has 0 heterocycles. The second kappa shape index (κ2) is 9.27. The summed E-state index contributed by atoms with van der Waals surface area (Å²) in [7, 11) is 0. The minimum atomic E-state index is 0.164. The normalized spacial score (nSPS) is 12.2. The first kappa shape index (κ1) is 16.4. The summed E-state index contributed by atoms with van der Waals surface area (Å²) in [6.45, 7) is 4.99. The van der Waals surface area contributed by atoms with E-state index >= 15 is 0 Å². The number of rotatable bonds is 8. The molecule has 4 heteroatoms. The van der Waals surface area contributed by atoms with Gasteiger partial charge in [0.1, 0.15) is 0 Å². The van der Waals surface area contributed by atoms with E-state index in [1.807, 2.05) is 24.3 Å². The van der Waals surface area contributed by atoms with Gasteiger partial charge in [-0.3, -0.25) is 4.79 Å². The van der Waals surface area contributed by atoms with Crippen molar-refractivity contribution < 1.29 is 4.79 Å². The molecule has 1 amide bonds. The van der Waals surface area contributed by atoms with E-state index in [9.17, 15) is 4.79 Å². The van der Waals surface area contributed by atoms with Crippen molar-refractivity contribution in [2.45, 2.75) is 38.0 Å². The van der Waals surface area contributed by atoms with Crippen LogP contribution in [0.15, 0.2) is 29.2 Å². The Hall–Kier alpha value is -0.670. The lowest BCUT2D eigenvalue weighted by atomic mass is 10.0. The van der Waals surface area contributed by atoms with E-state index < -0.39 is 0 Å². The zero-order valence-electron chi connectivity index (χ0n) is 11.6. The maximum absolute atomic E-state index is 11.6. The summed E-state index contributed by atoms with van der Waals surface area (Å²) in [6.07, 6.45) is 2.90. The molecule has 0 aromatic heterocycles. The Balaban J connectivity index is 2.13. The van der Waals surface area contributed by atoms with Gasteiger partial charge >= 0.3 is 0 Å². The van der Waals surface area contributed by atoms with Gasteiger partial charge < -0.3 is 5.32 Å². The number of thioether (sulfide) groups is 1. The van der Waals surface area contributed by atoms with Gasteiger partial charge in [0.25, 0.3) is 0 Å². The van der Waals surface area contributed by atoms with Gasteiger partial charge in [0, 0.05) is 28.6 Å². The Bertz CT molecular complexity index is 380. The quantitative estimate of drug-likeness (QED) is 0.570. The number of benzene rings is 1. The fraction of sp³-hybridized carbons (Fsp3) is 0.533. The second-order valence-corrected chi connectivity index (χ2v) is 6.36. The largest absolute Gasteiger partial charge is 0.355 e. The predicted octanol–water partition coefficient (Wildman–Crippen LogP) is 4.37. The Labute approximate surface area is 125 Å². The molecule has 1 unspecified atom stereocenters. The van der Waals surface area contributed by atoms with Crippen molar-refractivity contribution >= 4 is 29.3 Å². The van der Waals surface area contributed by atoms with Crippen molar-refractivity contribution in [2.24, 2.45) is 5.92 Å². The highest BCUT2D eigenvalue weighted by atomic mass is 35.5. The van der Waals surface area contributed by atoms with Crippen LogP contribution in [-0.4, -0.2) is 18.2 Å². The molecule has 0 aliphatic heterocycles. The van der Waals surface area contributed by atoms with Crippen LogP contribution in [0, 0.1) is 5.92 Å². The molecule has 0 spiro atoms. The Morgan fingerprint density at radius 2 is 2.05 bits per heavy atom. The summed E-state index contributed by atoms with van der Waals surface area (Å²) in [5, 5.41) is 3.72. The van der Waals surface area contributed by atoms with E-state index in [4.69, 9.17) is 11.6 Å². The number of halogens is 1. The lowest BCUT2D eigenvalue weighted by Gasteiger charge is -2.10. The second-order valence-electron chi connectivity index (χ2n) is 4.75. The zero-order chi connectivity index (χ0) is 14.1. The number of hydrogen-bond donors (Lipinski definition) is 1. The highest BCUT2D eigenvalue weighted by Gasteiger charge is 2.07. The van der Waals surface area contributed by atoms with Crippen molar-refractivity contribution in [3.63, 3.8) is 0 Å². The number of amides is 1. The lowest BCUT2D eigenvalue weighted by Crippen LogP contribution is -2.27. The Morgan fingerprint density at radius 3 is 2.68 bits per heavy atom. The van der Waals surface area contributed by atoms with Gasteiger partial charge in [-0.15, -0.1) is 11.8 Å². The summed E-state index contributed by atoms with van der Waals surface area (Å²) in [6, 6.07) is 7.76. The third kappa shape index (κ3) is 7.48. The van der Waals surface area contributed by atoms with Gasteiger partial charge in [0.05, 0.1) is 0 Å². The first-order valence-electron chi connectivity index (χ1n) is 6.77. The Kier molecular flexibility index (Phi) is 7.99. The van der Waals surface area contributed by atoms with Crippen LogP contribution in [0.1, 0.15) is 33.1 Å². The molecule has 2 nitrogen and oxygen atoms in total. The molecule has 1 rings (SSSR count). The molecule has 106 valence electrons. The van der Waals surface area contributed by atoms with Crippen LogP contribution in [0.4, 0.5) is 0 Å². The molecule has 1 aromatic carbocycles. The first-order valence-corrected chi connectivity index (χ1v) is 8.13. The van der Waals surface area contributed by atoms with Crippen LogP contribution in [0.25, 0.3) is 0 Å². The minimum Gasteiger partial charge on any atom is -0.355 e. The molecular formula is C15H22ClNOS. The van der Waals surface area contributed by atoms with Gasteiger partial charge in [-0.25, -0.2) is 0 Å². The topological polar surface area (TPSA) is 29.1 Å². The fourth-order valence-corrected chi connectivity index (χ4v) is 2.77. The van der Waals surface area contributed by atoms with Crippen LogP contribution in [0.5, 0.6) is 0 Å².